The van der Waals surface area contributed by atoms with Crippen LogP contribution >= 0.6 is 0 Å². The van der Waals surface area contributed by atoms with Gasteiger partial charge in [0.15, 0.2) is 0 Å². The smallest absolute Gasteiger partial charge is 0.408 e. The van der Waals surface area contributed by atoms with Crippen LogP contribution in [0.4, 0.5) is 4.79 Å². The molecule has 21 heavy (non-hydrogen) atoms. The predicted octanol–water partition coefficient (Wildman–Crippen LogP) is 0.881. The molecular weight excluding hydrogens is 274 g/mol. The molecule has 0 aliphatic heterocycles. The lowest BCUT2D eigenvalue weighted by Crippen LogP contribution is -2.50. The van der Waals surface area contributed by atoms with Crippen LogP contribution in [-0.2, 0) is 16.0 Å². The van der Waals surface area contributed by atoms with Crippen molar-refractivity contribution < 1.29 is 24.2 Å². The Labute approximate surface area is 124 Å². The third-order valence-electron chi connectivity index (χ3n) is 2.57. The summed E-state index contributed by atoms with van der Waals surface area (Å²) in [7, 11) is 1.54. The van der Waals surface area contributed by atoms with E-state index in [0.29, 0.717) is 5.75 Å². The minimum atomic E-state index is -1.36. The molecule has 1 rings (SSSR count). The molecule has 1 aromatic carbocycles. The van der Waals surface area contributed by atoms with Gasteiger partial charge in [0.05, 0.1) is 19.1 Å². The molecule has 0 fully saturated rings. The number of methoxy groups -OCH3 is 1. The first-order valence-corrected chi connectivity index (χ1v) is 6.54. The molecule has 6 heteroatoms. The summed E-state index contributed by atoms with van der Waals surface area (Å²) in [4.78, 5) is 22.7. The topological polar surface area (TPSA) is 87.7 Å². The molecule has 0 unspecified atom stereocenters. The Kier molecular flexibility index (Phi) is 5.58. The molecule has 0 radical (unpaired) electrons. The molecule has 0 aliphatic rings. The number of carboxylic acid groups (broad SMARTS) is 1. The Morgan fingerprint density at radius 1 is 1.24 bits per heavy atom. The molecule has 0 bridgehead atoms. The number of nitrogens with one attached hydrogen (secondary N) is 1. The van der Waals surface area contributed by atoms with Crippen molar-refractivity contribution in [3.05, 3.63) is 29.8 Å². The van der Waals surface area contributed by atoms with Gasteiger partial charge in [-0.15, -0.1) is 0 Å². The summed E-state index contributed by atoms with van der Waals surface area (Å²) >= 11 is 0. The van der Waals surface area contributed by atoms with Gasteiger partial charge in [0, 0.05) is 0 Å². The van der Waals surface area contributed by atoms with Gasteiger partial charge in [-0.2, -0.15) is 0 Å². The number of carbonyl (C=O) groups is 2. The van der Waals surface area contributed by atoms with Gasteiger partial charge in [-0.1, -0.05) is 12.1 Å². The van der Waals surface area contributed by atoms with Crippen LogP contribution in [-0.4, -0.2) is 30.8 Å². The van der Waals surface area contributed by atoms with Crippen molar-refractivity contribution in [2.45, 2.75) is 38.8 Å². The maximum atomic E-state index is 11.6. The lowest BCUT2D eigenvalue weighted by atomic mass is 10.1. The van der Waals surface area contributed by atoms with Crippen molar-refractivity contribution in [2.75, 3.05) is 7.11 Å². The summed E-state index contributed by atoms with van der Waals surface area (Å²) in [5, 5.41) is 13.4. The number of alkyl carbamates (subject to hydrolysis) is 1. The summed E-state index contributed by atoms with van der Waals surface area (Å²) < 4.78 is 10.1. The Hall–Kier alpha value is -2.24. The highest BCUT2D eigenvalue weighted by Gasteiger charge is 2.20. The second-order valence-corrected chi connectivity index (χ2v) is 5.57. The van der Waals surface area contributed by atoms with Gasteiger partial charge in [0.2, 0.25) is 0 Å². The van der Waals surface area contributed by atoms with E-state index in [1.807, 2.05) is 0 Å². The van der Waals surface area contributed by atoms with Gasteiger partial charge in [0.25, 0.3) is 0 Å². The van der Waals surface area contributed by atoms with E-state index in [2.05, 4.69) is 5.32 Å². The van der Waals surface area contributed by atoms with Crippen LogP contribution in [0.2, 0.25) is 0 Å². The summed E-state index contributed by atoms with van der Waals surface area (Å²) in [5.41, 5.74) is 0.0433. The van der Waals surface area contributed by atoms with E-state index in [1.165, 1.54) is 0 Å². The van der Waals surface area contributed by atoms with Crippen molar-refractivity contribution in [2.24, 2.45) is 0 Å². The van der Waals surface area contributed by atoms with E-state index in [-0.39, 0.29) is 6.42 Å². The number of amides is 1. The third-order valence-corrected chi connectivity index (χ3v) is 2.57. The van der Waals surface area contributed by atoms with Gasteiger partial charge in [0.1, 0.15) is 11.4 Å². The highest BCUT2D eigenvalue weighted by Crippen LogP contribution is 2.13. The fraction of sp³-hybridized carbons (Fsp3) is 0.467. The van der Waals surface area contributed by atoms with E-state index in [9.17, 15) is 14.7 Å². The molecular formula is C15H20NO5-. The highest BCUT2D eigenvalue weighted by molar-refractivity contribution is 5.79. The maximum absolute atomic E-state index is 11.6. The largest absolute Gasteiger partial charge is 0.548 e. The molecule has 1 amide bonds. The Morgan fingerprint density at radius 2 is 1.81 bits per heavy atom. The van der Waals surface area contributed by atoms with E-state index >= 15 is 0 Å². The van der Waals surface area contributed by atoms with Gasteiger partial charge < -0.3 is 24.7 Å². The number of benzene rings is 1. The maximum Gasteiger partial charge on any atom is 0.408 e. The van der Waals surface area contributed by atoms with E-state index in [0.717, 1.165) is 5.56 Å². The average molecular weight is 294 g/mol. The standard InChI is InChI=1S/C15H21NO5/c1-15(2,3)21-14(19)16-12(13(17)18)9-10-5-7-11(20-4)8-6-10/h5-8,12H,9H2,1-4H3,(H,16,19)(H,17,18)/p-1/t12-/m1/s1. The fourth-order valence-corrected chi connectivity index (χ4v) is 1.64. The fourth-order valence-electron chi connectivity index (χ4n) is 1.64. The first-order chi connectivity index (χ1) is 9.71. The molecule has 0 saturated carbocycles. The van der Waals surface area contributed by atoms with Gasteiger partial charge >= 0.3 is 6.09 Å². The second-order valence-electron chi connectivity index (χ2n) is 5.57. The quantitative estimate of drug-likeness (QED) is 0.871. The number of hydrogen-bond donors (Lipinski definition) is 1. The van der Waals surface area contributed by atoms with Crippen LogP contribution in [0.5, 0.6) is 5.75 Å². The van der Waals surface area contributed by atoms with E-state index in [1.54, 1.807) is 52.1 Å². The zero-order chi connectivity index (χ0) is 16.0. The molecule has 116 valence electrons. The predicted molar refractivity (Wildman–Crippen MR) is 74.9 cm³/mol. The van der Waals surface area contributed by atoms with Crippen LogP contribution < -0.4 is 15.2 Å². The Morgan fingerprint density at radius 3 is 2.24 bits per heavy atom. The molecule has 1 atom stereocenters. The van der Waals surface area contributed by atoms with E-state index < -0.39 is 23.7 Å². The molecule has 0 aromatic heterocycles. The van der Waals surface area contributed by atoms with Gasteiger partial charge in [-0.05, 0) is 44.9 Å². The van der Waals surface area contributed by atoms with Crippen LogP contribution in [0.15, 0.2) is 24.3 Å². The van der Waals surface area contributed by atoms with Crippen molar-refractivity contribution in [3.8, 4) is 5.75 Å². The van der Waals surface area contributed by atoms with E-state index in [4.69, 9.17) is 9.47 Å². The van der Waals surface area contributed by atoms with Crippen molar-refractivity contribution in [3.63, 3.8) is 0 Å². The summed E-state index contributed by atoms with van der Waals surface area (Å²) in [6.07, 6.45) is -0.684. The van der Waals surface area contributed by atoms with Crippen LogP contribution in [0.3, 0.4) is 0 Å². The number of aliphatic carboxylic acids is 1. The minimum Gasteiger partial charge on any atom is -0.548 e. The summed E-state index contributed by atoms with van der Waals surface area (Å²) in [6.45, 7) is 5.10. The van der Waals surface area contributed by atoms with Gasteiger partial charge in [-0.3, -0.25) is 0 Å². The molecule has 0 saturated heterocycles. The second kappa shape index (κ2) is 6.97. The first kappa shape index (κ1) is 16.8. The van der Waals surface area contributed by atoms with Crippen LogP contribution in [0.1, 0.15) is 26.3 Å². The highest BCUT2D eigenvalue weighted by atomic mass is 16.6. The number of carboxylic acids is 1. The lowest BCUT2D eigenvalue weighted by molar-refractivity contribution is -0.308. The monoisotopic (exact) mass is 294 g/mol. The molecule has 6 nitrogen and oxygen atoms in total. The summed E-state index contributed by atoms with van der Waals surface area (Å²) in [6, 6.07) is 5.73. The number of rotatable bonds is 5. The van der Waals surface area contributed by atoms with Crippen molar-refractivity contribution >= 4 is 12.1 Å². The van der Waals surface area contributed by atoms with Crippen LogP contribution in [0, 0.1) is 0 Å². The Bertz CT molecular complexity index is 490. The summed E-state index contributed by atoms with van der Waals surface area (Å²) in [5.74, 6) is -0.694. The van der Waals surface area contributed by atoms with Gasteiger partial charge in [-0.25, -0.2) is 4.79 Å². The zero-order valence-corrected chi connectivity index (χ0v) is 12.6. The molecule has 1 aromatic rings. The number of carbonyl (C=O) groups excluding carboxylic acids is 2. The molecule has 0 heterocycles. The van der Waals surface area contributed by atoms with Crippen molar-refractivity contribution in [1.29, 1.82) is 0 Å². The minimum absolute atomic E-state index is 0.103. The molecule has 1 N–H and O–H groups in total. The number of hydrogen-bond acceptors (Lipinski definition) is 5. The normalized spacial score (nSPS) is 12.4. The lowest BCUT2D eigenvalue weighted by Gasteiger charge is -2.24. The zero-order valence-electron chi connectivity index (χ0n) is 12.6. The Balaban J connectivity index is 2.69. The molecule has 0 aliphatic carbocycles. The van der Waals surface area contributed by atoms with Crippen LogP contribution in [0.25, 0.3) is 0 Å². The average Bonchev–Trinajstić information content (AvgIpc) is 2.36. The first-order valence-electron chi connectivity index (χ1n) is 6.54. The number of ether oxygens (including phenoxy) is 2. The van der Waals surface area contributed by atoms with Crippen molar-refractivity contribution in [1.82, 2.24) is 5.32 Å². The SMILES string of the molecule is COc1ccc(C[C@@H](NC(=O)OC(C)(C)C)C(=O)[O-])cc1. The third kappa shape index (κ3) is 6.16. The molecule has 0 spiro atoms.